The van der Waals surface area contributed by atoms with Gasteiger partial charge in [0, 0.05) is 33.7 Å². The minimum Gasteiger partial charge on any atom is -0.334 e. The normalized spacial score (nSPS) is 19.0. The molecular formula is C16H25N3O3S. The number of likely N-dealkylation sites (tertiary alicyclic amines) is 1. The zero-order valence-corrected chi connectivity index (χ0v) is 14.8. The summed E-state index contributed by atoms with van der Waals surface area (Å²) in [6.45, 7) is 3.85. The highest BCUT2D eigenvalue weighted by atomic mass is 32.2. The van der Waals surface area contributed by atoms with Crippen molar-refractivity contribution in [3.05, 3.63) is 29.8 Å². The fraction of sp³-hybridized carbons (Fsp3) is 0.562. The zero-order chi connectivity index (χ0) is 17.0. The lowest BCUT2D eigenvalue weighted by Gasteiger charge is -2.31. The second-order valence-corrected chi connectivity index (χ2v) is 8.37. The monoisotopic (exact) mass is 339 g/mol. The molecule has 1 unspecified atom stereocenters. The molecule has 1 N–H and O–H groups in total. The van der Waals surface area contributed by atoms with Gasteiger partial charge in [0.05, 0.1) is 4.90 Å². The molecule has 128 valence electrons. The number of nitrogens with zero attached hydrogens (tertiary/aromatic N) is 2. The topological polar surface area (TPSA) is 69.7 Å². The Bertz CT molecular complexity index is 658. The Morgan fingerprint density at radius 1 is 1.35 bits per heavy atom. The molecule has 0 radical (unpaired) electrons. The van der Waals surface area contributed by atoms with Crippen molar-refractivity contribution in [1.82, 2.24) is 14.5 Å². The summed E-state index contributed by atoms with van der Waals surface area (Å²) in [6.07, 6.45) is 2.16. The molecule has 2 rings (SSSR count). The molecule has 1 heterocycles. The fourth-order valence-electron chi connectivity index (χ4n) is 2.75. The van der Waals surface area contributed by atoms with Crippen molar-refractivity contribution in [3.8, 4) is 0 Å². The first-order valence-corrected chi connectivity index (χ1v) is 9.29. The van der Waals surface area contributed by atoms with Crippen LogP contribution in [0.5, 0.6) is 0 Å². The summed E-state index contributed by atoms with van der Waals surface area (Å²) >= 11 is 0. The maximum Gasteiger partial charge on any atom is 0.317 e. The highest BCUT2D eigenvalue weighted by molar-refractivity contribution is 7.89. The summed E-state index contributed by atoms with van der Waals surface area (Å²) < 4.78 is 25.9. The van der Waals surface area contributed by atoms with Crippen LogP contribution >= 0.6 is 0 Å². The number of piperidine rings is 1. The van der Waals surface area contributed by atoms with Crippen LogP contribution in [0.25, 0.3) is 0 Å². The van der Waals surface area contributed by atoms with E-state index in [1.807, 2.05) is 0 Å². The standard InChI is InChI=1S/C16H25N3O3S/c1-13-7-6-10-19(12-13)16(20)17-11-14-8-4-5-9-15(14)23(21,22)18(2)3/h4-5,8-9,13H,6-7,10-12H2,1-3H3,(H,17,20). The minimum atomic E-state index is -3.52. The summed E-state index contributed by atoms with van der Waals surface area (Å²) in [5.74, 6) is 0.510. The van der Waals surface area contributed by atoms with Gasteiger partial charge in [-0.15, -0.1) is 0 Å². The molecule has 23 heavy (non-hydrogen) atoms. The van der Waals surface area contributed by atoms with E-state index >= 15 is 0 Å². The second-order valence-electron chi connectivity index (χ2n) is 6.25. The van der Waals surface area contributed by atoms with Crippen LogP contribution in [-0.4, -0.2) is 50.8 Å². The third-order valence-electron chi connectivity index (χ3n) is 4.11. The maximum atomic E-state index is 12.3. The van der Waals surface area contributed by atoms with Gasteiger partial charge in [-0.3, -0.25) is 0 Å². The SMILES string of the molecule is CC1CCCN(C(=O)NCc2ccccc2S(=O)(=O)N(C)C)C1. The third kappa shape index (κ3) is 4.23. The average Bonchev–Trinajstić information content (AvgIpc) is 2.52. The van der Waals surface area contributed by atoms with Gasteiger partial charge in [0.1, 0.15) is 0 Å². The Kier molecular flexibility index (Phi) is 5.64. The van der Waals surface area contributed by atoms with Crippen molar-refractivity contribution in [2.75, 3.05) is 27.2 Å². The molecular weight excluding hydrogens is 314 g/mol. The first kappa shape index (κ1) is 17.7. The molecule has 1 fully saturated rings. The van der Waals surface area contributed by atoms with E-state index < -0.39 is 10.0 Å². The lowest BCUT2D eigenvalue weighted by molar-refractivity contribution is 0.169. The van der Waals surface area contributed by atoms with E-state index in [1.165, 1.54) is 18.4 Å². The number of carbonyl (C=O) groups excluding carboxylic acids is 1. The van der Waals surface area contributed by atoms with E-state index in [-0.39, 0.29) is 17.5 Å². The van der Waals surface area contributed by atoms with Crippen LogP contribution in [0.3, 0.4) is 0 Å². The molecule has 1 aliphatic rings. The first-order chi connectivity index (χ1) is 10.8. The molecule has 2 amide bonds. The summed E-state index contributed by atoms with van der Waals surface area (Å²) in [6, 6.07) is 6.64. The molecule has 1 aliphatic heterocycles. The number of carbonyl (C=O) groups is 1. The van der Waals surface area contributed by atoms with E-state index in [2.05, 4.69) is 12.2 Å². The molecule has 1 aromatic rings. The lowest BCUT2D eigenvalue weighted by atomic mass is 10.0. The van der Waals surface area contributed by atoms with Gasteiger partial charge in [-0.25, -0.2) is 17.5 Å². The predicted molar refractivity (Wildman–Crippen MR) is 89.5 cm³/mol. The summed E-state index contributed by atoms with van der Waals surface area (Å²) in [5.41, 5.74) is 0.597. The van der Waals surface area contributed by atoms with E-state index in [4.69, 9.17) is 0 Å². The third-order valence-corrected chi connectivity index (χ3v) is 6.02. The lowest BCUT2D eigenvalue weighted by Crippen LogP contribution is -2.44. The number of hydrogen-bond acceptors (Lipinski definition) is 3. The number of hydrogen-bond donors (Lipinski definition) is 1. The number of amides is 2. The number of urea groups is 1. The number of sulfonamides is 1. The smallest absolute Gasteiger partial charge is 0.317 e. The van der Waals surface area contributed by atoms with Gasteiger partial charge in [0.15, 0.2) is 0 Å². The molecule has 1 saturated heterocycles. The van der Waals surface area contributed by atoms with Crippen molar-refractivity contribution in [2.24, 2.45) is 5.92 Å². The van der Waals surface area contributed by atoms with Gasteiger partial charge in [-0.1, -0.05) is 25.1 Å². The van der Waals surface area contributed by atoms with Crippen LogP contribution in [0.1, 0.15) is 25.3 Å². The van der Waals surface area contributed by atoms with E-state index in [9.17, 15) is 13.2 Å². The average molecular weight is 339 g/mol. The Labute approximate surface area is 138 Å². The van der Waals surface area contributed by atoms with Gasteiger partial charge in [0.2, 0.25) is 10.0 Å². The van der Waals surface area contributed by atoms with Gasteiger partial charge in [-0.05, 0) is 30.4 Å². The molecule has 0 saturated carbocycles. The fourth-order valence-corrected chi connectivity index (χ4v) is 3.87. The molecule has 0 bridgehead atoms. The van der Waals surface area contributed by atoms with Gasteiger partial charge >= 0.3 is 6.03 Å². The summed E-state index contributed by atoms with van der Waals surface area (Å²) in [4.78, 5) is 14.3. The Hall–Kier alpha value is -1.60. The zero-order valence-electron chi connectivity index (χ0n) is 13.9. The quantitative estimate of drug-likeness (QED) is 0.910. The van der Waals surface area contributed by atoms with E-state index in [1.54, 1.807) is 29.2 Å². The Balaban J connectivity index is 2.08. The highest BCUT2D eigenvalue weighted by Gasteiger charge is 2.23. The molecule has 1 aromatic carbocycles. The highest BCUT2D eigenvalue weighted by Crippen LogP contribution is 2.19. The Morgan fingerprint density at radius 2 is 2.04 bits per heavy atom. The number of benzene rings is 1. The van der Waals surface area contributed by atoms with Crippen LogP contribution < -0.4 is 5.32 Å². The minimum absolute atomic E-state index is 0.131. The van der Waals surface area contributed by atoms with Crippen LogP contribution in [0.2, 0.25) is 0 Å². The van der Waals surface area contributed by atoms with Crippen molar-refractivity contribution < 1.29 is 13.2 Å². The van der Waals surface area contributed by atoms with Crippen molar-refractivity contribution in [2.45, 2.75) is 31.2 Å². The van der Waals surface area contributed by atoms with E-state index in [0.29, 0.717) is 11.5 Å². The molecule has 6 nitrogen and oxygen atoms in total. The van der Waals surface area contributed by atoms with Crippen molar-refractivity contribution >= 4 is 16.1 Å². The largest absolute Gasteiger partial charge is 0.334 e. The van der Waals surface area contributed by atoms with Gasteiger partial charge in [0.25, 0.3) is 0 Å². The molecule has 0 aromatic heterocycles. The van der Waals surface area contributed by atoms with Gasteiger partial charge in [-0.2, -0.15) is 0 Å². The number of nitrogens with one attached hydrogen (secondary N) is 1. The summed E-state index contributed by atoms with van der Waals surface area (Å²) in [7, 11) is -0.521. The molecule has 7 heteroatoms. The molecule has 0 spiro atoms. The van der Waals surface area contributed by atoms with Crippen molar-refractivity contribution in [3.63, 3.8) is 0 Å². The van der Waals surface area contributed by atoms with E-state index in [0.717, 1.165) is 25.9 Å². The second kappa shape index (κ2) is 7.31. The maximum absolute atomic E-state index is 12.3. The molecule has 0 aliphatic carbocycles. The van der Waals surface area contributed by atoms with Crippen LogP contribution in [0.4, 0.5) is 4.79 Å². The first-order valence-electron chi connectivity index (χ1n) is 7.85. The van der Waals surface area contributed by atoms with Gasteiger partial charge < -0.3 is 10.2 Å². The van der Waals surface area contributed by atoms with Crippen molar-refractivity contribution in [1.29, 1.82) is 0 Å². The van der Waals surface area contributed by atoms with Crippen LogP contribution in [0.15, 0.2) is 29.2 Å². The summed E-state index contributed by atoms with van der Waals surface area (Å²) in [5, 5.41) is 2.84. The van der Waals surface area contributed by atoms with Crippen LogP contribution in [-0.2, 0) is 16.6 Å². The molecule has 1 atom stereocenters. The Morgan fingerprint density at radius 3 is 2.70 bits per heavy atom. The van der Waals surface area contributed by atoms with Crippen LogP contribution in [0, 0.1) is 5.92 Å². The predicted octanol–water partition coefficient (Wildman–Crippen LogP) is 1.88. The number of rotatable bonds is 4.